The van der Waals surface area contributed by atoms with Crippen LogP contribution in [0, 0.1) is 0 Å². The molecule has 0 aromatic heterocycles. The molecule has 0 saturated heterocycles. The van der Waals surface area contributed by atoms with Crippen LogP contribution in [0.25, 0.3) is 0 Å². The molecule has 5 N–H and O–H groups in total. The molecule has 0 amide bonds. The first-order chi connectivity index (χ1) is 9.63. The van der Waals surface area contributed by atoms with Gasteiger partial charge in [0, 0.05) is 17.8 Å². The predicted molar refractivity (Wildman–Crippen MR) is 84.4 cm³/mol. The van der Waals surface area contributed by atoms with E-state index in [2.05, 4.69) is 10.5 Å². The van der Waals surface area contributed by atoms with Crippen LogP contribution in [0.5, 0.6) is 0 Å². The Morgan fingerprint density at radius 1 is 1.40 bits per heavy atom. The number of benzene rings is 1. The Bertz CT molecular complexity index is 410. The molecular formula is C14H23N3O2S. The number of nitrogens with one attached hydrogen (secondary N) is 1. The molecule has 0 spiro atoms. The molecule has 3 unspecified atom stereocenters. The van der Waals surface area contributed by atoms with E-state index in [9.17, 15) is 5.11 Å². The van der Waals surface area contributed by atoms with Crippen molar-refractivity contribution >= 4 is 17.6 Å². The molecule has 3 atom stereocenters. The maximum Gasteiger partial charge on any atom is 0.147 e. The van der Waals surface area contributed by atoms with E-state index in [0.29, 0.717) is 6.54 Å². The summed E-state index contributed by atoms with van der Waals surface area (Å²) in [6, 6.07) is 9.82. The molecule has 0 aliphatic rings. The topological polar surface area (TPSA) is 90.9 Å². The lowest BCUT2D eigenvalue weighted by molar-refractivity contribution is 0.275. The van der Waals surface area contributed by atoms with Crippen molar-refractivity contribution < 1.29 is 10.3 Å². The fourth-order valence-electron chi connectivity index (χ4n) is 2.02. The zero-order valence-electron chi connectivity index (χ0n) is 11.9. The zero-order valence-corrected chi connectivity index (χ0v) is 12.7. The number of amidine groups is 1. The number of oxime groups is 1. The number of nitrogens with two attached hydrogens (primary N) is 1. The van der Waals surface area contributed by atoms with Crippen LogP contribution in [0.15, 0.2) is 35.5 Å². The summed E-state index contributed by atoms with van der Waals surface area (Å²) in [5, 5.41) is 24.8. The summed E-state index contributed by atoms with van der Waals surface area (Å²) in [5.74, 6) is -0.00884. The van der Waals surface area contributed by atoms with Crippen molar-refractivity contribution in [1.82, 2.24) is 5.32 Å². The average molecular weight is 297 g/mol. The highest BCUT2D eigenvalue weighted by Crippen LogP contribution is 2.16. The van der Waals surface area contributed by atoms with Crippen molar-refractivity contribution in [3.8, 4) is 0 Å². The average Bonchev–Trinajstić information content (AvgIpc) is 2.49. The lowest BCUT2D eigenvalue weighted by Crippen LogP contribution is -2.42. The van der Waals surface area contributed by atoms with Crippen LogP contribution in [0.4, 0.5) is 0 Å². The first-order valence-corrected chi connectivity index (χ1v) is 7.82. The van der Waals surface area contributed by atoms with Crippen LogP contribution in [0.1, 0.15) is 18.4 Å². The third kappa shape index (κ3) is 4.70. The van der Waals surface area contributed by atoms with Crippen LogP contribution in [-0.2, 0) is 0 Å². The Labute approximate surface area is 124 Å². The minimum absolute atomic E-state index is 0.120. The predicted octanol–water partition coefficient (Wildman–Crippen LogP) is 1.22. The van der Waals surface area contributed by atoms with E-state index in [1.54, 1.807) is 11.8 Å². The molecular weight excluding hydrogens is 274 g/mol. The number of hydrogen-bond donors (Lipinski definition) is 4. The SMILES string of the molecule is CSC(CO)C(C)NCC(/C(N)=N/O)c1ccccc1. The van der Waals surface area contributed by atoms with Gasteiger partial charge < -0.3 is 21.4 Å². The zero-order chi connectivity index (χ0) is 15.0. The summed E-state index contributed by atoms with van der Waals surface area (Å²) in [7, 11) is 0. The number of aliphatic hydroxyl groups excluding tert-OH is 1. The van der Waals surface area contributed by atoms with Crippen LogP contribution in [0.2, 0.25) is 0 Å². The fraction of sp³-hybridized carbons (Fsp3) is 0.500. The molecule has 0 radical (unpaired) electrons. The van der Waals surface area contributed by atoms with Crippen molar-refractivity contribution in [2.75, 3.05) is 19.4 Å². The molecule has 0 fully saturated rings. The smallest absolute Gasteiger partial charge is 0.147 e. The number of hydrogen-bond acceptors (Lipinski definition) is 5. The van der Waals surface area contributed by atoms with Gasteiger partial charge in [-0.15, -0.1) is 0 Å². The summed E-state index contributed by atoms with van der Waals surface area (Å²) < 4.78 is 0. The molecule has 1 aromatic rings. The highest BCUT2D eigenvalue weighted by atomic mass is 32.2. The fourth-order valence-corrected chi connectivity index (χ4v) is 2.67. The second-order valence-electron chi connectivity index (χ2n) is 4.64. The van der Waals surface area contributed by atoms with Gasteiger partial charge in [0.25, 0.3) is 0 Å². The molecule has 0 aliphatic heterocycles. The third-order valence-electron chi connectivity index (χ3n) is 3.36. The molecule has 1 rings (SSSR count). The molecule has 20 heavy (non-hydrogen) atoms. The highest BCUT2D eigenvalue weighted by molar-refractivity contribution is 7.99. The minimum Gasteiger partial charge on any atom is -0.409 e. The Kier molecular flexibility index (Phi) is 7.43. The van der Waals surface area contributed by atoms with Gasteiger partial charge in [0.05, 0.1) is 12.5 Å². The quantitative estimate of drug-likeness (QED) is 0.251. The maximum atomic E-state index is 9.28. The molecule has 0 aliphatic carbocycles. The van der Waals surface area contributed by atoms with E-state index in [1.165, 1.54) is 0 Å². The summed E-state index contributed by atoms with van der Waals surface area (Å²) in [5.41, 5.74) is 6.77. The van der Waals surface area contributed by atoms with Crippen molar-refractivity contribution in [2.45, 2.75) is 24.1 Å². The second kappa shape index (κ2) is 8.84. The van der Waals surface area contributed by atoms with Gasteiger partial charge in [0.15, 0.2) is 0 Å². The normalized spacial score (nSPS) is 16.6. The summed E-state index contributed by atoms with van der Waals surface area (Å²) in [4.78, 5) is 0. The van der Waals surface area contributed by atoms with Gasteiger partial charge in [0.2, 0.25) is 0 Å². The summed E-state index contributed by atoms with van der Waals surface area (Å²) in [6.07, 6.45) is 1.97. The van der Waals surface area contributed by atoms with Crippen LogP contribution < -0.4 is 11.1 Å². The van der Waals surface area contributed by atoms with Gasteiger partial charge in [-0.05, 0) is 18.7 Å². The number of rotatable bonds is 8. The van der Waals surface area contributed by atoms with Crippen LogP contribution >= 0.6 is 11.8 Å². The summed E-state index contributed by atoms with van der Waals surface area (Å²) >= 11 is 1.62. The van der Waals surface area contributed by atoms with E-state index in [4.69, 9.17) is 10.9 Å². The monoisotopic (exact) mass is 297 g/mol. The second-order valence-corrected chi connectivity index (χ2v) is 5.72. The summed E-state index contributed by atoms with van der Waals surface area (Å²) in [6.45, 7) is 2.69. The van der Waals surface area contributed by atoms with Gasteiger partial charge in [0.1, 0.15) is 5.84 Å². The van der Waals surface area contributed by atoms with E-state index >= 15 is 0 Å². The molecule has 0 heterocycles. The van der Waals surface area contributed by atoms with Gasteiger partial charge in [-0.1, -0.05) is 35.5 Å². The Hall–Kier alpha value is -1.24. The van der Waals surface area contributed by atoms with E-state index < -0.39 is 0 Å². The molecule has 0 bridgehead atoms. The van der Waals surface area contributed by atoms with Crippen molar-refractivity contribution in [3.63, 3.8) is 0 Å². The molecule has 5 nitrogen and oxygen atoms in total. The Morgan fingerprint density at radius 3 is 2.55 bits per heavy atom. The Balaban J connectivity index is 2.73. The van der Waals surface area contributed by atoms with Crippen LogP contribution in [0.3, 0.4) is 0 Å². The number of nitrogens with zero attached hydrogens (tertiary/aromatic N) is 1. The van der Waals surface area contributed by atoms with E-state index in [0.717, 1.165) is 5.56 Å². The van der Waals surface area contributed by atoms with Gasteiger partial charge in [-0.2, -0.15) is 11.8 Å². The Morgan fingerprint density at radius 2 is 2.05 bits per heavy atom. The first-order valence-electron chi connectivity index (χ1n) is 6.53. The largest absolute Gasteiger partial charge is 0.409 e. The van der Waals surface area contributed by atoms with Crippen LogP contribution in [-0.4, -0.2) is 46.8 Å². The van der Waals surface area contributed by atoms with Gasteiger partial charge in [-0.25, -0.2) is 0 Å². The number of thioether (sulfide) groups is 1. The van der Waals surface area contributed by atoms with Gasteiger partial charge in [-0.3, -0.25) is 0 Å². The molecule has 112 valence electrons. The molecule has 6 heteroatoms. The van der Waals surface area contributed by atoms with Gasteiger partial charge >= 0.3 is 0 Å². The molecule has 1 aromatic carbocycles. The van der Waals surface area contributed by atoms with E-state index in [-0.39, 0.29) is 29.7 Å². The third-order valence-corrected chi connectivity index (χ3v) is 4.52. The molecule has 0 saturated carbocycles. The standard InChI is InChI=1S/C14H23N3O2S/c1-10(13(9-18)20-2)16-8-12(14(15)17-19)11-6-4-3-5-7-11/h3-7,10,12-13,16,18-19H,8-9H2,1-2H3,(H2,15,17). The van der Waals surface area contributed by atoms with E-state index in [1.807, 2.05) is 43.5 Å². The first kappa shape index (κ1) is 16.8. The minimum atomic E-state index is -0.190. The lowest BCUT2D eigenvalue weighted by atomic mass is 9.97. The lowest BCUT2D eigenvalue weighted by Gasteiger charge is -2.24. The number of aliphatic hydroxyl groups is 1. The van der Waals surface area contributed by atoms with Crippen molar-refractivity contribution in [2.24, 2.45) is 10.9 Å². The highest BCUT2D eigenvalue weighted by Gasteiger charge is 2.20. The van der Waals surface area contributed by atoms with Crippen molar-refractivity contribution in [1.29, 1.82) is 0 Å². The van der Waals surface area contributed by atoms with Crippen molar-refractivity contribution in [3.05, 3.63) is 35.9 Å². The maximum absolute atomic E-state index is 9.28.